The Morgan fingerprint density at radius 2 is 0.529 bits per heavy atom. The van der Waals surface area contributed by atoms with Crippen LogP contribution in [0.5, 0.6) is 0 Å². The Morgan fingerprint density at radius 1 is 0.304 bits per heavy atom. The molecular formula is C92H154NO8P. The van der Waals surface area contributed by atoms with Crippen LogP contribution in [0.25, 0.3) is 0 Å². The lowest BCUT2D eigenvalue weighted by Crippen LogP contribution is -2.37. The number of likely N-dealkylation sites (N-methyl/N-ethyl adjacent to an activating group) is 1. The number of ether oxygens (including phenoxy) is 2. The van der Waals surface area contributed by atoms with E-state index in [1.807, 2.05) is 21.1 Å². The summed E-state index contributed by atoms with van der Waals surface area (Å²) in [6.45, 7) is 4.03. The maximum atomic E-state index is 12.9. The van der Waals surface area contributed by atoms with E-state index in [0.29, 0.717) is 17.4 Å². The Hall–Kier alpha value is -4.89. The van der Waals surface area contributed by atoms with Crippen molar-refractivity contribution in [1.82, 2.24) is 0 Å². The second kappa shape index (κ2) is 80.2. The van der Waals surface area contributed by atoms with E-state index in [1.165, 1.54) is 167 Å². The van der Waals surface area contributed by atoms with Crippen molar-refractivity contribution in [2.45, 2.75) is 341 Å². The molecule has 0 aromatic carbocycles. The molecule has 0 aliphatic carbocycles. The number of carbonyl (C=O) groups is 2. The SMILES string of the molecule is CC/C=C\C/C=C\C/C=C\C/C=C\C/C=C\C/C=C\C/C=C\C/C=C\CCCCCCCCCCCCCCCCCCC(=O)OC(COC(=O)CCCCCCCCCCCCCCCCC/C=C\C/C=C\C/C=C\C/C=C\C/C=C\C/C=C\C/C=C\CC)COP(=O)([O-])OCC[N+](C)(C)C. The zero-order chi connectivity index (χ0) is 74.0. The first-order valence-corrected chi connectivity index (χ1v) is 43.0. The highest BCUT2D eigenvalue weighted by Crippen LogP contribution is 2.38. The summed E-state index contributed by atoms with van der Waals surface area (Å²) < 4.78 is 34.4. The van der Waals surface area contributed by atoms with Crippen molar-refractivity contribution in [2.24, 2.45) is 0 Å². The van der Waals surface area contributed by atoms with Crippen LogP contribution in [0.2, 0.25) is 0 Å². The van der Waals surface area contributed by atoms with Crippen LogP contribution >= 0.6 is 7.82 Å². The van der Waals surface area contributed by atoms with Gasteiger partial charge in [-0.25, -0.2) is 0 Å². The molecule has 2 unspecified atom stereocenters. The van der Waals surface area contributed by atoms with E-state index < -0.39 is 26.5 Å². The van der Waals surface area contributed by atoms with Crippen molar-refractivity contribution in [3.8, 4) is 0 Å². The lowest BCUT2D eigenvalue weighted by atomic mass is 10.0. The summed E-state index contributed by atoms with van der Waals surface area (Å²) in [5, 5.41) is 0. The van der Waals surface area contributed by atoms with Crippen LogP contribution in [-0.2, 0) is 32.7 Å². The highest BCUT2D eigenvalue weighted by molar-refractivity contribution is 7.45. The third-order valence-electron chi connectivity index (χ3n) is 17.4. The zero-order valence-electron chi connectivity index (χ0n) is 66.2. The number of nitrogens with zero attached hydrogens (tertiary/aromatic N) is 1. The van der Waals surface area contributed by atoms with E-state index in [1.54, 1.807) is 0 Å². The molecule has 0 aromatic heterocycles. The van der Waals surface area contributed by atoms with Crippen molar-refractivity contribution in [1.29, 1.82) is 0 Å². The molecule has 0 saturated carbocycles. The van der Waals surface area contributed by atoms with Crippen LogP contribution < -0.4 is 4.89 Å². The molecule has 0 saturated heterocycles. The Kier molecular flexibility index (Phi) is 76.4. The average Bonchev–Trinajstić information content (AvgIpc) is 0.916. The third-order valence-corrected chi connectivity index (χ3v) is 18.4. The number of hydrogen-bond acceptors (Lipinski definition) is 8. The highest BCUT2D eigenvalue weighted by atomic mass is 31.2. The Labute approximate surface area is 629 Å². The predicted molar refractivity (Wildman–Crippen MR) is 443 cm³/mol. The molecule has 0 rings (SSSR count). The maximum absolute atomic E-state index is 12.9. The second-order valence-electron chi connectivity index (χ2n) is 28.4. The third kappa shape index (κ3) is 84.1. The summed E-state index contributed by atoms with van der Waals surface area (Å²) >= 11 is 0. The molecule has 9 nitrogen and oxygen atoms in total. The van der Waals surface area contributed by atoms with E-state index in [4.69, 9.17) is 18.5 Å². The van der Waals surface area contributed by atoms with E-state index in [0.717, 1.165) is 135 Å². The molecule has 0 heterocycles. The van der Waals surface area contributed by atoms with Gasteiger partial charge in [-0.05, 0) is 135 Å². The lowest BCUT2D eigenvalue weighted by molar-refractivity contribution is -0.870. The van der Waals surface area contributed by atoms with Gasteiger partial charge in [0.2, 0.25) is 0 Å². The Bertz CT molecular complexity index is 2390. The first-order valence-electron chi connectivity index (χ1n) is 41.5. The van der Waals surface area contributed by atoms with Gasteiger partial charge in [0.05, 0.1) is 27.7 Å². The monoisotopic (exact) mass is 1430 g/mol. The van der Waals surface area contributed by atoms with Gasteiger partial charge >= 0.3 is 11.9 Å². The molecule has 0 aromatic rings. The van der Waals surface area contributed by atoms with E-state index >= 15 is 0 Å². The number of phosphoric ester groups is 1. The molecular weight excluding hydrogens is 1280 g/mol. The number of unbranched alkanes of at least 4 members (excludes halogenated alkanes) is 31. The summed E-state index contributed by atoms with van der Waals surface area (Å²) in [6, 6.07) is 0. The fourth-order valence-electron chi connectivity index (χ4n) is 11.2. The van der Waals surface area contributed by atoms with Gasteiger partial charge in [-0.1, -0.05) is 369 Å². The molecule has 0 amide bonds. The number of rotatable bonds is 75. The number of quaternary nitrogens is 1. The summed E-state index contributed by atoms with van der Waals surface area (Å²) in [7, 11) is 1.16. The fourth-order valence-corrected chi connectivity index (χ4v) is 11.9. The molecule has 0 aliphatic heterocycles. The highest BCUT2D eigenvalue weighted by Gasteiger charge is 2.22. The minimum atomic E-state index is -4.66. The van der Waals surface area contributed by atoms with Crippen molar-refractivity contribution in [2.75, 3.05) is 47.5 Å². The standard InChI is InChI=1S/C92H154NO8P/c1-6-8-10-12-14-16-18-20-22-24-26-28-30-32-34-36-38-40-42-44-45-46-47-49-51-53-55-57-59-61-63-65-67-69-71-73-75-77-79-81-83-85-92(95)101-90(89-100-102(96,97)99-87-86-93(3,4)5)88-98-91(94)84-82-80-78-76-74-72-70-68-66-64-62-60-58-56-54-52-50-48-43-41-39-37-35-33-31-29-27-25-23-21-19-17-15-13-11-9-7-2/h8-11,14-17,20-23,26-29,32-35,38-41,44-45,47-50,90H,6-7,12-13,18-19,24-25,30-31,36-37,42-43,46,51-89H2,1-5H3/b10-8-,11-9-,16-14-,17-15-,22-20-,23-21-,28-26-,29-27-,34-32-,35-33-,40-38-,41-39-,45-44-,49-47-,50-48-. The van der Waals surface area contributed by atoms with Crippen molar-refractivity contribution in [3.63, 3.8) is 0 Å². The fraction of sp³-hybridized carbons (Fsp3) is 0.652. The first-order chi connectivity index (χ1) is 50.0. The van der Waals surface area contributed by atoms with Gasteiger partial charge in [-0.2, -0.15) is 0 Å². The minimum Gasteiger partial charge on any atom is -0.756 e. The topological polar surface area (TPSA) is 111 Å². The normalized spacial score (nSPS) is 14.0. The van der Waals surface area contributed by atoms with Gasteiger partial charge in [0.25, 0.3) is 7.82 Å². The van der Waals surface area contributed by atoms with Gasteiger partial charge < -0.3 is 27.9 Å². The molecule has 580 valence electrons. The van der Waals surface area contributed by atoms with E-state index in [9.17, 15) is 19.0 Å². The van der Waals surface area contributed by atoms with E-state index in [2.05, 4.69) is 196 Å². The Balaban J connectivity index is 3.99. The number of allylic oxidation sites excluding steroid dienone is 30. The second-order valence-corrected chi connectivity index (χ2v) is 29.8. The van der Waals surface area contributed by atoms with Crippen LogP contribution in [0, 0.1) is 0 Å². The summed E-state index contributed by atoms with van der Waals surface area (Å²) in [5.41, 5.74) is 0. The van der Waals surface area contributed by atoms with E-state index in [-0.39, 0.29) is 32.0 Å². The Morgan fingerprint density at radius 3 is 0.784 bits per heavy atom. The summed E-state index contributed by atoms with van der Waals surface area (Å²) in [6.07, 6.45) is 123. The van der Waals surface area contributed by atoms with Crippen LogP contribution in [0.4, 0.5) is 0 Å². The summed E-state index contributed by atoms with van der Waals surface area (Å²) in [5.74, 6) is -0.831. The predicted octanol–water partition coefficient (Wildman–Crippen LogP) is 27.5. The lowest BCUT2D eigenvalue weighted by Gasteiger charge is -2.28. The number of hydrogen-bond donors (Lipinski definition) is 0. The van der Waals surface area contributed by atoms with Gasteiger partial charge in [0.1, 0.15) is 19.8 Å². The zero-order valence-corrected chi connectivity index (χ0v) is 67.1. The van der Waals surface area contributed by atoms with Crippen LogP contribution in [-0.4, -0.2) is 70.0 Å². The van der Waals surface area contributed by atoms with Crippen molar-refractivity contribution >= 4 is 19.8 Å². The van der Waals surface area contributed by atoms with Crippen molar-refractivity contribution in [3.05, 3.63) is 182 Å². The molecule has 0 bridgehead atoms. The number of carbonyl (C=O) groups excluding carboxylic acids is 2. The average molecular weight is 1430 g/mol. The molecule has 0 radical (unpaired) electrons. The molecule has 10 heteroatoms. The quantitative estimate of drug-likeness (QED) is 0.0195. The van der Waals surface area contributed by atoms with Gasteiger partial charge in [-0.15, -0.1) is 0 Å². The van der Waals surface area contributed by atoms with Gasteiger partial charge in [-0.3, -0.25) is 14.2 Å². The first kappa shape index (κ1) is 97.1. The number of phosphoric acid groups is 1. The largest absolute Gasteiger partial charge is 0.756 e. The molecule has 0 aliphatic rings. The minimum absolute atomic E-state index is 0.0364. The van der Waals surface area contributed by atoms with Crippen LogP contribution in [0.3, 0.4) is 0 Å². The molecule has 2 atom stereocenters. The number of esters is 2. The van der Waals surface area contributed by atoms with Crippen molar-refractivity contribution < 1.29 is 42.1 Å². The maximum Gasteiger partial charge on any atom is 0.306 e. The van der Waals surface area contributed by atoms with Crippen LogP contribution in [0.1, 0.15) is 335 Å². The smallest absolute Gasteiger partial charge is 0.306 e. The molecule has 102 heavy (non-hydrogen) atoms. The van der Waals surface area contributed by atoms with Crippen LogP contribution in [0.15, 0.2) is 182 Å². The molecule has 0 fully saturated rings. The van der Waals surface area contributed by atoms with Gasteiger partial charge in [0.15, 0.2) is 6.10 Å². The molecule has 0 spiro atoms. The molecule has 0 N–H and O–H groups in total. The summed E-state index contributed by atoms with van der Waals surface area (Å²) in [4.78, 5) is 38.2. The van der Waals surface area contributed by atoms with Gasteiger partial charge in [0, 0.05) is 12.8 Å².